The molecule has 0 N–H and O–H groups in total. The predicted octanol–water partition coefficient (Wildman–Crippen LogP) is 9.43. The molecule has 0 saturated heterocycles. The van der Waals surface area contributed by atoms with Crippen LogP contribution in [0.2, 0.25) is 0 Å². The minimum absolute atomic E-state index is 0.973. The van der Waals surface area contributed by atoms with Crippen LogP contribution in [0.5, 0.6) is 0 Å². The smallest absolute Gasteiger partial charge is 0.0710 e. The Morgan fingerprint density at radius 1 is 0.556 bits per heavy atom. The fourth-order valence-corrected chi connectivity index (χ4v) is 5.74. The maximum atomic E-state index is 4.88. The minimum Gasteiger partial charge on any atom is -0.309 e. The number of para-hydroxylation sites is 3. The van der Waals surface area contributed by atoms with Gasteiger partial charge in [0.15, 0.2) is 0 Å². The molecule has 0 aliphatic rings. The van der Waals surface area contributed by atoms with Crippen LogP contribution in [0.15, 0.2) is 132 Å². The fraction of sp³-hybridized carbons (Fsp3) is 0. The Morgan fingerprint density at radius 2 is 1.31 bits per heavy atom. The van der Waals surface area contributed by atoms with E-state index in [9.17, 15) is 0 Å². The Bertz CT molecular complexity index is 1900. The van der Waals surface area contributed by atoms with E-state index in [2.05, 4.69) is 136 Å². The number of rotatable bonds is 3. The summed E-state index contributed by atoms with van der Waals surface area (Å²) in [6.45, 7) is 0. The van der Waals surface area contributed by atoms with E-state index in [0.717, 1.165) is 37.9 Å². The Hall–Kier alpha value is -4.21. The molecule has 0 radical (unpaired) electrons. The lowest BCUT2D eigenvalue weighted by molar-refractivity contribution is 1.18. The first kappa shape index (κ1) is 21.1. The zero-order valence-electron chi connectivity index (χ0n) is 19.4. The molecule has 0 saturated carbocycles. The number of fused-ring (bicyclic) bond motifs is 4. The molecule has 0 amide bonds. The van der Waals surface area contributed by atoms with Crippen molar-refractivity contribution < 1.29 is 0 Å². The lowest BCUT2D eigenvalue weighted by Crippen LogP contribution is -1.93. The van der Waals surface area contributed by atoms with Crippen LogP contribution < -0.4 is 0 Å². The van der Waals surface area contributed by atoms with Gasteiger partial charge >= 0.3 is 0 Å². The molecule has 3 heteroatoms. The molecule has 0 spiro atoms. The number of pyridine rings is 1. The van der Waals surface area contributed by atoms with E-state index in [-0.39, 0.29) is 0 Å². The van der Waals surface area contributed by atoms with Gasteiger partial charge in [0.1, 0.15) is 0 Å². The molecule has 7 rings (SSSR count). The predicted molar refractivity (Wildman–Crippen MR) is 155 cm³/mol. The van der Waals surface area contributed by atoms with Gasteiger partial charge in [-0.3, -0.25) is 0 Å². The van der Waals surface area contributed by atoms with Crippen LogP contribution in [0.25, 0.3) is 60.8 Å². The normalized spacial score (nSPS) is 11.5. The van der Waals surface area contributed by atoms with Gasteiger partial charge in [0.05, 0.1) is 22.2 Å². The van der Waals surface area contributed by atoms with Crippen molar-refractivity contribution in [3.63, 3.8) is 0 Å². The van der Waals surface area contributed by atoms with Crippen LogP contribution in [0, 0.1) is 0 Å². The van der Waals surface area contributed by atoms with Gasteiger partial charge in [0, 0.05) is 31.9 Å². The van der Waals surface area contributed by atoms with Gasteiger partial charge in [0.25, 0.3) is 0 Å². The lowest BCUT2D eigenvalue weighted by atomic mass is 10.0. The third kappa shape index (κ3) is 3.43. The third-order valence-corrected chi connectivity index (χ3v) is 7.52. The largest absolute Gasteiger partial charge is 0.309 e. The van der Waals surface area contributed by atoms with Crippen LogP contribution in [0.1, 0.15) is 0 Å². The van der Waals surface area contributed by atoms with Crippen molar-refractivity contribution in [1.29, 1.82) is 0 Å². The number of hydrogen-bond donors (Lipinski definition) is 0. The van der Waals surface area contributed by atoms with Crippen molar-refractivity contribution in [3.8, 4) is 28.1 Å². The molecular weight excluding hydrogens is 504 g/mol. The van der Waals surface area contributed by atoms with Gasteiger partial charge in [-0.1, -0.05) is 101 Å². The van der Waals surface area contributed by atoms with E-state index in [1.165, 1.54) is 27.4 Å². The van der Waals surface area contributed by atoms with E-state index in [4.69, 9.17) is 4.98 Å². The first-order valence-corrected chi connectivity index (χ1v) is 12.8. The highest BCUT2D eigenvalue weighted by Crippen LogP contribution is 2.37. The van der Waals surface area contributed by atoms with Gasteiger partial charge in [0.2, 0.25) is 0 Å². The van der Waals surface area contributed by atoms with Gasteiger partial charge < -0.3 is 4.57 Å². The maximum Gasteiger partial charge on any atom is 0.0710 e. The Labute approximate surface area is 217 Å². The summed E-state index contributed by atoms with van der Waals surface area (Å²) in [5.74, 6) is 0. The van der Waals surface area contributed by atoms with E-state index in [1.54, 1.807) is 0 Å². The second-order valence-electron chi connectivity index (χ2n) is 9.00. The van der Waals surface area contributed by atoms with Crippen molar-refractivity contribution in [2.24, 2.45) is 0 Å². The molecule has 0 bridgehead atoms. The number of nitrogens with zero attached hydrogens (tertiary/aromatic N) is 2. The molecule has 2 aromatic heterocycles. The highest BCUT2D eigenvalue weighted by Gasteiger charge is 2.14. The van der Waals surface area contributed by atoms with Crippen LogP contribution in [-0.2, 0) is 0 Å². The van der Waals surface area contributed by atoms with Crippen molar-refractivity contribution >= 4 is 48.6 Å². The molecule has 170 valence electrons. The topological polar surface area (TPSA) is 17.8 Å². The molecule has 0 unspecified atom stereocenters. The molecule has 0 fully saturated rings. The molecule has 7 aromatic rings. The second kappa shape index (κ2) is 8.47. The summed E-state index contributed by atoms with van der Waals surface area (Å²) in [7, 11) is 0. The number of benzene rings is 5. The van der Waals surface area contributed by atoms with Crippen LogP contribution in [0.4, 0.5) is 0 Å². The highest BCUT2D eigenvalue weighted by molar-refractivity contribution is 9.10. The molecule has 0 aliphatic carbocycles. The van der Waals surface area contributed by atoms with Gasteiger partial charge in [-0.05, 0) is 53.6 Å². The third-order valence-electron chi connectivity index (χ3n) is 6.86. The van der Waals surface area contributed by atoms with Crippen molar-refractivity contribution in [2.75, 3.05) is 0 Å². The first-order valence-electron chi connectivity index (χ1n) is 12.0. The molecule has 5 aromatic carbocycles. The summed E-state index contributed by atoms with van der Waals surface area (Å²) < 4.78 is 3.41. The summed E-state index contributed by atoms with van der Waals surface area (Å²) in [4.78, 5) is 4.88. The van der Waals surface area contributed by atoms with Gasteiger partial charge in [-0.25, -0.2) is 4.98 Å². The maximum absolute atomic E-state index is 4.88. The zero-order valence-corrected chi connectivity index (χ0v) is 21.0. The molecule has 2 heterocycles. The summed E-state index contributed by atoms with van der Waals surface area (Å²) in [5, 5.41) is 3.67. The summed E-state index contributed by atoms with van der Waals surface area (Å²) >= 11 is 3.86. The number of hydrogen-bond acceptors (Lipinski definition) is 1. The Morgan fingerprint density at radius 3 is 2.19 bits per heavy atom. The first-order chi connectivity index (χ1) is 17.8. The molecule has 2 nitrogen and oxygen atoms in total. The SMILES string of the molecule is Brc1cc(-c2ccc3ccccc3n2)ccc1-c1ccc2c3ccccc3n(-c3ccccc3)c2c1. The quantitative estimate of drug-likeness (QED) is 0.225. The standard InChI is InChI=1S/C33H21BrN2/c34-29-20-24(31-19-16-22-8-4-6-12-30(22)35-31)15-17-26(29)23-14-18-28-27-11-5-7-13-32(27)36(33(28)21-23)25-9-2-1-3-10-25/h1-21H. The van der Waals surface area contributed by atoms with Gasteiger partial charge in [-0.2, -0.15) is 0 Å². The van der Waals surface area contributed by atoms with E-state index in [0.29, 0.717) is 0 Å². The van der Waals surface area contributed by atoms with Gasteiger partial charge in [-0.15, -0.1) is 0 Å². The van der Waals surface area contributed by atoms with Crippen LogP contribution in [-0.4, -0.2) is 9.55 Å². The van der Waals surface area contributed by atoms with E-state index >= 15 is 0 Å². The van der Waals surface area contributed by atoms with Crippen molar-refractivity contribution in [1.82, 2.24) is 9.55 Å². The Kier molecular flexibility index (Phi) is 4.97. The van der Waals surface area contributed by atoms with Crippen LogP contribution in [0.3, 0.4) is 0 Å². The molecule has 0 atom stereocenters. The summed E-state index contributed by atoms with van der Waals surface area (Å²) in [6, 6.07) is 44.9. The summed E-state index contributed by atoms with van der Waals surface area (Å²) in [5.41, 5.74) is 8.99. The van der Waals surface area contributed by atoms with Crippen molar-refractivity contribution in [2.45, 2.75) is 0 Å². The lowest BCUT2D eigenvalue weighted by Gasteiger charge is -2.11. The Balaban J connectivity index is 1.37. The summed E-state index contributed by atoms with van der Waals surface area (Å²) in [6.07, 6.45) is 0. The number of aromatic nitrogens is 2. The second-order valence-corrected chi connectivity index (χ2v) is 9.86. The van der Waals surface area contributed by atoms with Crippen LogP contribution >= 0.6 is 15.9 Å². The molecular formula is C33H21BrN2. The number of halogens is 1. The van der Waals surface area contributed by atoms with Crippen molar-refractivity contribution in [3.05, 3.63) is 132 Å². The average Bonchev–Trinajstić information content (AvgIpc) is 3.27. The minimum atomic E-state index is 0.973. The van der Waals surface area contributed by atoms with E-state index in [1.807, 2.05) is 12.1 Å². The zero-order chi connectivity index (χ0) is 24.1. The molecule has 36 heavy (non-hydrogen) atoms. The molecule has 0 aliphatic heterocycles. The van der Waals surface area contributed by atoms with E-state index < -0.39 is 0 Å². The highest BCUT2D eigenvalue weighted by atomic mass is 79.9. The fourth-order valence-electron chi connectivity index (χ4n) is 5.13. The monoisotopic (exact) mass is 524 g/mol. The average molecular weight is 525 g/mol.